The summed E-state index contributed by atoms with van der Waals surface area (Å²) >= 11 is 0. The van der Waals surface area contributed by atoms with Crippen molar-refractivity contribution < 1.29 is 4.79 Å². The van der Waals surface area contributed by atoms with Crippen LogP contribution in [-0.4, -0.2) is 25.6 Å². The molecule has 2 aromatic heterocycles. The van der Waals surface area contributed by atoms with Crippen molar-refractivity contribution in [2.24, 2.45) is 0 Å². The maximum atomic E-state index is 13.6. The van der Waals surface area contributed by atoms with E-state index >= 15 is 0 Å². The maximum absolute atomic E-state index is 13.6. The summed E-state index contributed by atoms with van der Waals surface area (Å²) in [6.45, 7) is 5.27. The van der Waals surface area contributed by atoms with E-state index in [0.29, 0.717) is 13.1 Å². The molecule has 0 saturated carbocycles. The van der Waals surface area contributed by atoms with Crippen molar-refractivity contribution in [2.75, 3.05) is 0 Å². The summed E-state index contributed by atoms with van der Waals surface area (Å²) in [6.07, 6.45) is 1.80. The molecule has 5 aromatic rings. The molecule has 5 rings (SSSR count). The van der Waals surface area contributed by atoms with Crippen molar-refractivity contribution in [3.05, 3.63) is 120 Å². The Morgan fingerprint density at radius 1 is 0.800 bits per heavy atom. The highest BCUT2D eigenvalue weighted by Gasteiger charge is 2.20. The number of amides is 1. The first kappa shape index (κ1) is 22.5. The second kappa shape index (κ2) is 9.94. The van der Waals surface area contributed by atoms with Gasteiger partial charge in [0.1, 0.15) is 6.54 Å². The van der Waals surface area contributed by atoms with Crippen LogP contribution < -0.4 is 0 Å². The number of rotatable bonds is 7. The van der Waals surface area contributed by atoms with Gasteiger partial charge in [-0.05, 0) is 42.2 Å². The first-order valence-electron chi connectivity index (χ1n) is 11.8. The number of benzene rings is 3. The molecule has 3 aromatic carbocycles. The molecule has 0 bridgehead atoms. The summed E-state index contributed by atoms with van der Waals surface area (Å²) < 4.78 is 1.74. The SMILES string of the molecule is Cc1ccc(-c2ccnc3c2c(C)nn3CC(=O)N(Cc2ccccc2)Cc2ccccc2)cc1. The largest absolute Gasteiger partial charge is 0.332 e. The average molecular weight is 461 g/mol. The lowest BCUT2D eigenvalue weighted by Crippen LogP contribution is -2.33. The van der Waals surface area contributed by atoms with Gasteiger partial charge in [0.25, 0.3) is 0 Å². The molecule has 5 heteroatoms. The van der Waals surface area contributed by atoms with Crippen molar-refractivity contribution in [3.63, 3.8) is 0 Å². The second-order valence-electron chi connectivity index (χ2n) is 8.89. The van der Waals surface area contributed by atoms with Gasteiger partial charge in [-0.15, -0.1) is 0 Å². The molecule has 0 saturated heterocycles. The highest BCUT2D eigenvalue weighted by Crippen LogP contribution is 2.30. The number of nitrogens with zero attached hydrogens (tertiary/aromatic N) is 4. The van der Waals surface area contributed by atoms with E-state index in [-0.39, 0.29) is 12.5 Å². The zero-order chi connectivity index (χ0) is 24.2. The fourth-order valence-corrected chi connectivity index (χ4v) is 4.43. The van der Waals surface area contributed by atoms with Crippen molar-refractivity contribution in [2.45, 2.75) is 33.5 Å². The molecule has 1 amide bonds. The zero-order valence-electron chi connectivity index (χ0n) is 20.1. The standard InChI is InChI=1S/C30H28N4O/c1-22-13-15-26(16-14-22)27-17-18-31-30-29(27)23(2)32-34(30)21-28(35)33(19-24-9-5-3-6-10-24)20-25-11-7-4-8-12-25/h3-18H,19-21H2,1-2H3. The molecule has 0 spiro atoms. The van der Waals surface area contributed by atoms with Crippen LogP contribution in [0.2, 0.25) is 0 Å². The van der Waals surface area contributed by atoms with E-state index in [0.717, 1.165) is 39.0 Å². The average Bonchev–Trinajstić information content (AvgIpc) is 3.20. The number of pyridine rings is 1. The van der Waals surface area contributed by atoms with Gasteiger partial charge >= 0.3 is 0 Å². The van der Waals surface area contributed by atoms with Crippen molar-refractivity contribution in [1.82, 2.24) is 19.7 Å². The van der Waals surface area contributed by atoms with Gasteiger partial charge in [-0.3, -0.25) is 4.79 Å². The molecule has 0 N–H and O–H groups in total. The summed E-state index contributed by atoms with van der Waals surface area (Å²) in [4.78, 5) is 20.1. The van der Waals surface area contributed by atoms with Gasteiger partial charge in [-0.25, -0.2) is 9.67 Å². The van der Waals surface area contributed by atoms with Crippen LogP contribution in [0.4, 0.5) is 0 Å². The van der Waals surface area contributed by atoms with Gasteiger partial charge in [0.05, 0.1) is 5.69 Å². The molecule has 0 aliphatic rings. The number of aromatic nitrogens is 3. The normalized spacial score (nSPS) is 11.0. The molecule has 0 atom stereocenters. The summed E-state index contributed by atoms with van der Waals surface area (Å²) in [5, 5.41) is 5.72. The lowest BCUT2D eigenvalue weighted by atomic mass is 10.0. The monoisotopic (exact) mass is 460 g/mol. The van der Waals surface area contributed by atoms with Gasteiger partial charge in [-0.2, -0.15) is 5.10 Å². The minimum Gasteiger partial charge on any atom is -0.332 e. The Kier molecular flexibility index (Phi) is 6.40. The number of carbonyl (C=O) groups is 1. The molecule has 2 heterocycles. The van der Waals surface area contributed by atoms with Gasteiger partial charge < -0.3 is 4.90 Å². The first-order chi connectivity index (χ1) is 17.1. The van der Waals surface area contributed by atoms with Gasteiger partial charge in [-0.1, -0.05) is 90.5 Å². The Labute approximate surface area is 205 Å². The summed E-state index contributed by atoms with van der Waals surface area (Å²) in [7, 11) is 0. The molecule has 35 heavy (non-hydrogen) atoms. The Morgan fingerprint density at radius 2 is 1.40 bits per heavy atom. The second-order valence-corrected chi connectivity index (χ2v) is 8.89. The van der Waals surface area contributed by atoms with Crippen LogP contribution in [0.15, 0.2) is 97.2 Å². The molecule has 0 aliphatic heterocycles. The Hall–Kier alpha value is -4.25. The number of hydrogen-bond donors (Lipinski definition) is 0. The highest BCUT2D eigenvalue weighted by atomic mass is 16.2. The van der Waals surface area contributed by atoms with Crippen LogP contribution in [0.5, 0.6) is 0 Å². The van der Waals surface area contributed by atoms with Crippen LogP contribution in [0.1, 0.15) is 22.4 Å². The van der Waals surface area contributed by atoms with Crippen LogP contribution in [0.3, 0.4) is 0 Å². The summed E-state index contributed by atoms with van der Waals surface area (Å²) in [5.74, 6) is 0.00430. The van der Waals surface area contributed by atoms with Crippen molar-refractivity contribution in [1.29, 1.82) is 0 Å². The van der Waals surface area contributed by atoms with E-state index in [1.165, 1.54) is 5.56 Å². The molecule has 174 valence electrons. The minimum absolute atomic E-state index is 0.00430. The third kappa shape index (κ3) is 4.99. The quantitative estimate of drug-likeness (QED) is 0.302. The Morgan fingerprint density at radius 3 is 2.00 bits per heavy atom. The van der Waals surface area contributed by atoms with Gasteiger partial charge in [0.15, 0.2) is 5.65 Å². The van der Waals surface area contributed by atoms with E-state index in [9.17, 15) is 4.79 Å². The zero-order valence-corrected chi connectivity index (χ0v) is 20.1. The van der Waals surface area contributed by atoms with Gasteiger partial charge in [0.2, 0.25) is 5.91 Å². The highest BCUT2D eigenvalue weighted by molar-refractivity contribution is 5.95. The fourth-order valence-electron chi connectivity index (χ4n) is 4.43. The van der Waals surface area contributed by atoms with Crippen molar-refractivity contribution >= 4 is 16.9 Å². The summed E-state index contributed by atoms with van der Waals surface area (Å²) in [6, 6.07) is 30.7. The molecule has 5 nitrogen and oxygen atoms in total. The van der Waals surface area contributed by atoms with E-state index < -0.39 is 0 Å². The molecule has 0 fully saturated rings. The topological polar surface area (TPSA) is 51.0 Å². The number of hydrogen-bond acceptors (Lipinski definition) is 3. The lowest BCUT2D eigenvalue weighted by Gasteiger charge is -2.23. The fraction of sp³-hybridized carbons (Fsp3) is 0.167. The molecule has 0 radical (unpaired) electrons. The van der Waals surface area contributed by atoms with Gasteiger partial charge in [0, 0.05) is 24.7 Å². The first-order valence-corrected chi connectivity index (χ1v) is 11.8. The number of fused-ring (bicyclic) bond motifs is 1. The van der Waals surface area contributed by atoms with Crippen molar-refractivity contribution in [3.8, 4) is 11.1 Å². The minimum atomic E-state index is 0.00430. The Balaban J connectivity index is 1.46. The van der Waals surface area contributed by atoms with Crippen LogP contribution in [0.25, 0.3) is 22.2 Å². The predicted octanol–water partition coefficient (Wildman–Crippen LogP) is 5.94. The number of aryl methyl sites for hydroxylation is 2. The smallest absolute Gasteiger partial charge is 0.244 e. The van der Waals surface area contributed by atoms with E-state index in [1.807, 2.05) is 78.6 Å². The van der Waals surface area contributed by atoms with Crippen LogP contribution in [-0.2, 0) is 24.4 Å². The third-order valence-electron chi connectivity index (χ3n) is 6.24. The van der Waals surface area contributed by atoms with Crippen LogP contribution in [0, 0.1) is 13.8 Å². The van der Waals surface area contributed by atoms with Crippen LogP contribution >= 0.6 is 0 Å². The Bertz CT molecular complexity index is 1400. The molecular weight excluding hydrogens is 432 g/mol. The van der Waals surface area contributed by atoms with E-state index in [1.54, 1.807) is 10.9 Å². The van der Waals surface area contributed by atoms with E-state index in [4.69, 9.17) is 5.10 Å². The lowest BCUT2D eigenvalue weighted by molar-refractivity contribution is -0.133. The molecular formula is C30H28N4O. The number of carbonyl (C=O) groups excluding carboxylic acids is 1. The summed E-state index contributed by atoms with van der Waals surface area (Å²) in [5.41, 5.74) is 7.20. The predicted molar refractivity (Wildman–Crippen MR) is 140 cm³/mol. The van der Waals surface area contributed by atoms with E-state index in [2.05, 4.69) is 36.2 Å². The molecule has 0 unspecified atom stereocenters. The third-order valence-corrected chi connectivity index (χ3v) is 6.24. The maximum Gasteiger partial charge on any atom is 0.244 e. The molecule has 0 aliphatic carbocycles.